The Kier molecular flexibility index (Phi) is 4.12. The molecule has 21 heavy (non-hydrogen) atoms. The topological polar surface area (TPSA) is 69.4 Å². The van der Waals surface area contributed by atoms with Gasteiger partial charge >= 0.3 is 0 Å². The molecule has 0 atom stereocenters. The Morgan fingerprint density at radius 1 is 1.19 bits per heavy atom. The molecule has 106 valence electrons. The van der Waals surface area contributed by atoms with E-state index in [0.717, 1.165) is 22.7 Å². The molecule has 0 saturated carbocycles. The molecule has 0 bridgehead atoms. The molecular weight excluding hydrogens is 308 g/mol. The molecule has 3 rings (SSSR count). The van der Waals surface area contributed by atoms with Gasteiger partial charge in [-0.3, -0.25) is 0 Å². The van der Waals surface area contributed by atoms with Gasteiger partial charge in [-0.1, -0.05) is 36.7 Å². The summed E-state index contributed by atoms with van der Waals surface area (Å²) >= 11 is 7.48. The lowest BCUT2D eigenvalue weighted by molar-refractivity contribution is 0.755. The fraction of sp³-hybridized carbons (Fsp3) is 0.154. The first kappa shape index (κ1) is 14.0. The Morgan fingerprint density at radius 3 is 2.76 bits per heavy atom. The molecule has 3 aromatic rings. The van der Waals surface area contributed by atoms with Gasteiger partial charge in [0.1, 0.15) is 16.5 Å². The molecule has 0 aliphatic heterocycles. The average molecular weight is 319 g/mol. The summed E-state index contributed by atoms with van der Waals surface area (Å²) in [6.45, 7) is 2.01. The van der Waals surface area contributed by atoms with E-state index in [1.807, 2.05) is 37.3 Å². The van der Waals surface area contributed by atoms with E-state index in [9.17, 15) is 0 Å². The molecule has 0 fully saturated rings. The van der Waals surface area contributed by atoms with Crippen molar-refractivity contribution in [3.05, 3.63) is 47.4 Å². The van der Waals surface area contributed by atoms with Crippen LogP contribution in [-0.4, -0.2) is 30.2 Å². The summed E-state index contributed by atoms with van der Waals surface area (Å²) in [5.74, 6) is 0. The van der Waals surface area contributed by atoms with Crippen LogP contribution in [-0.2, 0) is 6.42 Å². The van der Waals surface area contributed by atoms with Crippen molar-refractivity contribution < 1.29 is 0 Å². The Labute approximate surface area is 130 Å². The molecule has 6 nitrogen and oxygen atoms in total. The molecule has 0 N–H and O–H groups in total. The van der Waals surface area contributed by atoms with Gasteiger partial charge in [0.05, 0.1) is 5.69 Å². The maximum atomic E-state index is 6.10. The molecular formula is C13H11ClN6S. The summed E-state index contributed by atoms with van der Waals surface area (Å²) in [6, 6.07) is 9.69. The predicted octanol–water partition coefficient (Wildman–Crippen LogP) is 2.82. The van der Waals surface area contributed by atoms with Crippen LogP contribution in [0.15, 0.2) is 46.8 Å². The van der Waals surface area contributed by atoms with E-state index >= 15 is 0 Å². The first-order chi connectivity index (χ1) is 10.3. The van der Waals surface area contributed by atoms with E-state index in [1.54, 1.807) is 4.68 Å². The van der Waals surface area contributed by atoms with Crippen molar-refractivity contribution in [2.45, 2.75) is 23.5 Å². The number of hydrogen-bond donors (Lipinski definition) is 0. The van der Waals surface area contributed by atoms with E-state index in [0.29, 0.717) is 10.3 Å². The number of para-hydroxylation sites is 1. The number of nitrogens with zero attached hydrogens (tertiary/aromatic N) is 6. The molecule has 0 spiro atoms. The smallest absolute Gasteiger partial charge is 0.220 e. The quantitative estimate of drug-likeness (QED) is 0.689. The van der Waals surface area contributed by atoms with E-state index in [1.165, 1.54) is 18.1 Å². The van der Waals surface area contributed by atoms with Gasteiger partial charge in [-0.25, -0.2) is 9.97 Å². The first-order valence-corrected chi connectivity index (χ1v) is 7.50. The first-order valence-electron chi connectivity index (χ1n) is 6.30. The maximum absolute atomic E-state index is 6.10. The van der Waals surface area contributed by atoms with Gasteiger partial charge in [0.2, 0.25) is 5.16 Å². The second-order valence-electron chi connectivity index (χ2n) is 4.11. The summed E-state index contributed by atoms with van der Waals surface area (Å²) in [4.78, 5) is 8.28. The lowest BCUT2D eigenvalue weighted by Crippen LogP contribution is -2.00. The molecule has 1 aromatic carbocycles. The van der Waals surface area contributed by atoms with Gasteiger partial charge < -0.3 is 0 Å². The van der Waals surface area contributed by atoms with Crippen LogP contribution in [0.1, 0.15) is 12.5 Å². The molecule has 2 aromatic heterocycles. The molecule has 8 heteroatoms. The van der Waals surface area contributed by atoms with Gasteiger partial charge in [0.15, 0.2) is 0 Å². The number of halogens is 1. The molecule has 0 aliphatic rings. The molecule has 0 amide bonds. The van der Waals surface area contributed by atoms with Crippen molar-refractivity contribution >= 4 is 23.4 Å². The normalized spacial score (nSPS) is 10.8. The van der Waals surface area contributed by atoms with Crippen molar-refractivity contribution in [2.75, 3.05) is 0 Å². The van der Waals surface area contributed by atoms with Crippen LogP contribution >= 0.6 is 23.4 Å². The highest BCUT2D eigenvalue weighted by Crippen LogP contribution is 2.30. The van der Waals surface area contributed by atoms with Gasteiger partial charge in [-0.2, -0.15) is 4.68 Å². The summed E-state index contributed by atoms with van der Waals surface area (Å²) in [5, 5.41) is 13.7. The van der Waals surface area contributed by atoms with Crippen LogP contribution in [0.3, 0.4) is 0 Å². The third kappa shape index (κ3) is 2.88. The highest BCUT2D eigenvalue weighted by Gasteiger charge is 2.15. The monoisotopic (exact) mass is 318 g/mol. The van der Waals surface area contributed by atoms with Crippen molar-refractivity contribution in [1.29, 1.82) is 0 Å². The van der Waals surface area contributed by atoms with Crippen LogP contribution in [0.4, 0.5) is 0 Å². The van der Waals surface area contributed by atoms with Crippen LogP contribution < -0.4 is 0 Å². The highest BCUT2D eigenvalue weighted by molar-refractivity contribution is 7.99. The van der Waals surface area contributed by atoms with Crippen molar-refractivity contribution in [3.63, 3.8) is 0 Å². The molecule has 0 aliphatic carbocycles. The zero-order chi connectivity index (χ0) is 14.7. The average Bonchev–Trinajstić information content (AvgIpc) is 2.97. The summed E-state index contributed by atoms with van der Waals surface area (Å²) in [6.07, 6.45) is 2.19. The number of hydrogen-bond acceptors (Lipinski definition) is 6. The Hall–Kier alpha value is -1.99. The Morgan fingerprint density at radius 2 is 2.00 bits per heavy atom. The lowest BCUT2D eigenvalue weighted by Gasteiger charge is -2.07. The summed E-state index contributed by atoms with van der Waals surface area (Å²) in [7, 11) is 0. The summed E-state index contributed by atoms with van der Waals surface area (Å²) < 4.78 is 1.67. The zero-order valence-electron chi connectivity index (χ0n) is 11.1. The maximum Gasteiger partial charge on any atom is 0.220 e. The fourth-order valence-corrected chi connectivity index (χ4v) is 3.09. The minimum Gasteiger partial charge on any atom is -0.229 e. The third-order valence-corrected chi connectivity index (χ3v) is 4.14. The largest absolute Gasteiger partial charge is 0.229 e. The van der Waals surface area contributed by atoms with Crippen LogP contribution in [0.5, 0.6) is 0 Å². The second kappa shape index (κ2) is 6.19. The number of benzene rings is 1. The van der Waals surface area contributed by atoms with E-state index in [-0.39, 0.29) is 0 Å². The SMILES string of the molecule is CCc1c(Cl)ncnc1Sc1nnnn1-c1ccccc1. The number of aromatic nitrogens is 6. The predicted molar refractivity (Wildman–Crippen MR) is 79.7 cm³/mol. The molecule has 0 unspecified atom stereocenters. The van der Waals surface area contributed by atoms with Crippen LogP contribution in [0.2, 0.25) is 5.15 Å². The van der Waals surface area contributed by atoms with Gasteiger partial charge in [0, 0.05) is 5.56 Å². The Bertz CT molecular complexity index is 745. The van der Waals surface area contributed by atoms with E-state index in [4.69, 9.17) is 11.6 Å². The second-order valence-corrected chi connectivity index (χ2v) is 5.43. The Balaban J connectivity index is 1.98. The molecule has 2 heterocycles. The van der Waals surface area contributed by atoms with Crippen molar-refractivity contribution in [3.8, 4) is 5.69 Å². The van der Waals surface area contributed by atoms with Gasteiger partial charge in [-0.15, -0.1) is 5.10 Å². The highest BCUT2D eigenvalue weighted by atomic mass is 35.5. The molecule has 0 saturated heterocycles. The fourth-order valence-electron chi connectivity index (χ4n) is 1.82. The number of tetrazole rings is 1. The third-order valence-electron chi connectivity index (χ3n) is 2.84. The summed E-state index contributed by atoms with van der Waals surface area (Å²) in [5.41, 5.74) is 1.79. The zero-order valence-corrected chi connectivity index (χ0v) is 12.7. The standard InChI is InChI=1S/C13H11ClN6S/c1-2-10-11(14)15-8-16-12(10)21-13-17-18-19-20(13)9-6-4-3-5-7-9/h3-8H,2H2,1H3. The van der Waals surface area contributed by atoms with Gasteiger partial charge in [-0.05, 0) is 40.7 Å². The van der Waals surface area contributed by atoms with E-state index in [2.05, 4.69) is 25.5 Å². The van der Waals surface area contributed by atoms with Crippen LogP contribution in [0.25, 0.3) is 5.69 Å². The minimum atomic E-state index is 0.466. The van der Waals surface area contributed by atoms with E-state index < -0.39 is 0 Å². The van der Waals surface area contributed by atoms with Crippen LogP contribution in [0, 0.1) is 0 Å². The van der Waals surface area contributed by atoms with Crippen molar-refractivity contribution in [2.24, 2.45) is 0 Å². The number of rotatable bonds is 4. The molecule has 0 radical (unpaired) electrons. The van der Waals surface area contributed by atoms with Crippen molar-refractivity contribution in [1.82, 2.24) is 30.2 Å². The minimum absolute atomic E-state index is 0.466. The van der Waals surface area contributed by atoms with Gasteiger partial charge in [0.25, 0.3) is 0 Å². The lowest BCUT2D eigenvalue weighted by atomic mass is 10.3.